The molecule has 0 aromatic heterocycles. The van der Waals surface area contributed by atoms with Gasteiger partial charge < -0.3 is 9.64 Å². The van der Waals surface area contributed by atoms with Crippen molar-refractivity contribution in [1.82, 2.24) is 4.90 Å². The van der Waals surface area contributed by atoms with Crippen LogP contribution in [-0.2, 0) is 9.84 Å². The van der Waals surface area contributed by atoms with Crippen molar-refractivity contribution in [1.29, 1.82) is 0 Å². The third-order valence-corrected chi connectivity index (χ3v) is 4.85. The van der Waals surface area contributed by atoms with E-state index in [1.165, 1.54) is 6.26 Å². The third-order valence-electron chi connectivity index (χ3n) is 3.78. The maximum atomic E-state index is 12.5. The second-order valence-corrected chi connectivity index (χ2v) is 7.71. The average molecular weight is 311 g/mol. The number of carbonyl (C=O) groups is 1. The van der Waals surface area contributed by atoms with Crippen molar-refractivity contribution in [2.75, 3.05) is 32.2 Å². The Hall–Kier alpha value is -1.56. The van der Waals surface area contributed by atoms with Gasteiger partial charge in [0.05, 0.1) is 18.4 Å². The zero-order valence-electron chi connectivity index (χ0n) is 12.4. The monoisotopic (exact) mass is 311 g/mol. The van der Waals surface area contributed by atoms with E-state index in [-0.39, 0.29) is 17.6 Å². The summed E-state index contributed by atoms with van der Waals surface area (Å²) in [5.74, 6) is 0.886. The van der Waals surface area contributed by atoms with Gasteiger partial charge in [-0.05, 0) is 30.9 Å². The number of piperidine rings is 1. The molecule has 0 N–H and O–H groups in total. The first-order valence-corrected chi connectivity index (χ1v) is 9.07. The molecule has 2 rings (SSSR count). The number of likely N-dealkylation sites (tertiary alicyclic amines) is 1. The number of hydrogen-bond acceptors (Lipinski definition) is 4. The van der Waals surface area contributed by atoms with Crippen molar-refractivity contribution >= 4 is 15.7 Å². The van der Waals surface area contributed by atoms with Crippen LogP contribution >= 0.6 is 0 Å². The first-order valence-electron chi connectivity index (χ1n) is 7.00. The molecule has 0 spiro atoms. The quantitative estimate of drug-likeness (QED) is 0.847. The maximum Gasteiger partial charge on any atom is 0.257 e. The second-order valence-electron chi connectivity index (χ2n) is 5.53. The molecule has 0 saturated carbocycles. The Morgan fingerprint density at radius 1 is 1.29 bits per heavy atom. The predicted molar refractivity (Wildman–Crippen MR) is 81.3 cm³/mol. The molecule has 6 heteroatoms. The molecule has 1 aromatic rings. The minimum atomic E-state index is -2.95. The van der Waals surface area contributed by atoms with Crippen molar-refractivity contribution in [2.45, 2.75) is 12.8 Å². The van der Waals surface area contributed by atoms with Crippen LogP contribution in [0.15, 0.2) is 24.3 Å². The molecule has 1 saturated heterocycles. The summed E-state index contributed by atoms with van der Waals surface area (Å²) < 4.78 is 27.9. The normalized spacial score (nSPS) is 16.8. The summed E-state index contributed by atoms with van der Waals surface area (Å²) in [4.78, 5) is 14.3. The summed E-state index contributed by atoms with van der Waals surface area (Å²) in [5.41, 5.74) is 0.557. The largest absolute Gasteiger partial charge is 0.496 e. The van der Waals surface area contributed by atoms with Gasteiger partial charge in [0.25, 0.3) is 5.91 Å². The molecule has 1 heterocycles. The van der Waals surface area contributed by atoms with Gasteiger partial charge in [0.1, 0.15) is 15.6 Å². The summed E-state index contributed by atoms with van der Waals surface area (Å²) >= 11 is 0. The van der Waals surface area contributed by atoms with E-state index >= 15 is 0 Å². The SMILES string of the molecule is COc1ccccc1C(=O)N1CCC(CS(C)(=O)=O)CC1. The van der Waals surface area contributed by atoms with Gasteiger partial charge >= 0.3 is 0 Å². The molecule has 0 atom stereocenters. The second kappa shape index (κ2) is 6.47. The van der Waals surface area contributed by atoms with Crippen molar-refractivity contribution < 1.29 is 17.9 Å². The summed E-state index contributed by atoms with van der Waals surface area (Å²) in [6.07, 6.45) is 2.72. The van der Waals surface area contributed by atoms with Crippen LogP contribution in [0.25, 0.3) is 0 Å². The van der Waals surface area contributed by atoms with Crippen LogP contribution in [0.1, 0.15) is 23.2 Å². The van der Waals surface area contributed by atoms with Gasteiger partial charge in [-0.3, -0.25) is 4.79 Å². The molecule has 1 aromatic carbocycles. The lowest BCUT2D eigenvalue weighted by atomic mass is 9.98. The zero-order chi connectivity index (χ0) is 15.5. The fourth-order valence-corrected chi connectivity index (χ4v) is 3.91. The highest BCUT2D eigenvalue weighted by Gasteiger charge is 2.26. The Labute approximate surface area is 125 Å². The fraction of sp³-hybridized carbons (Fsp3) is 0.533. The Morgan fingerprint density at radius 2 is 1.90 bits per heavy atom. The van der Waals surface area contributed by atoms with Gasteiger partial charge in [-0.2, -0.15) is 0 Å². The van der Waals surface area contributed by atoms with E-state index in [0.717, 1.165) is 12.8 Å². The molecule has 1 fully saturated rings. The number of ether oxygens (including phenoxy) is 1. The van der Waals surface area contributed by atoms with Crippen LogP contribution in [-0.4, -0.2) is 51.4 Å². The van der Waals surface area contributed by atoms with Gasteiger partial charge in [0.15, 0.2) is 0 Å². The first kappa shape index (κ1) is 15.8. The smallest absolute Gasteiger partial charge is 0.257 e. The summed E-state index contributed by atoms with van der Waals surface area (Å²) in [6.45, 7) is 1.19. The molecule has 1 aliphatic heterocycles. The maximum absolute atomic E-state index is 12.5. The zero-order valence-corrected chi connectivity index (χ0v) is 13.2. The van der Waals surface area contributed by atoms with Crippen LogP contribution in [0.5, 0.6) is 5.75 Å². The third kappa shape index (κ3) is 4.20. The Morgan fingerprint density at radius 3 is 2.48 bits per heavy atom. The highest BCUT2D eigenvalue weighted by Crippen LogP contribution is 2.24. The summed E-state index contributed by atoms with van der Waals surface area (Å²) in [5, 5.41) is 0. The number of para-hydroxylation sites is 1. The highest BCUT2D eigenvalue weighted by atomic mass is 32.2. The number of benzene rings is 1. The van der Waals surface area contributed by atoms with Gasteiger partial charge in [0, 0.05) is 19.3 Å². The van der Waals surface area contributed by atoms with Gasteiger partial charge in [0.2, 0.25) is 0 Å². The number of rotatable bonds is 4. The van der Waals surface area contributed by atoms with Crippen LogP contribution < -0.4 is 4.74 Å². The van der Waals surface area contributed by atoms with E-state index < -0.39 is 9.84 Å². The fourth-order valence-electron chi connectivity index (χ4n) is 2.72. The molecular weight excluding hydrogens is 290 g/mol. The molecular formula is C15H21NO4S. The number of sulfone groups is 1. The van der Waals surface area contributed by atoms with Crippen molar-refractivity contribution in [3.63, 3.8) is 0 Å². The topological polar surface area (TPSA) is 63.7 Å². The van der Waals surface area contributed by atoms with E-state index in [4.69, 9.17) is 4.74 Å². The number of carbonyl (C=O) groups excluding carboxylic acids is 1. The number of methoxy groups -OCH3 is 1. The molecule has 0 unspecified atom stereocenters. The molecule has 5 nitrogen and oxygen atoms in total. The van der Waals surface area contributed by atoms with E-state index in [2.05, 4.69) is 0 Å². The van der Waals surface area contributed by atoms with E-state index in [9.17, 15) is 13.2 Å². The minimum Gasteiger partial charge on any atom is -0.496 e. The number of nitrogens with zero attached hydrogens (tertiary/aromatic N) is 1. The van der Waals surface area contributed by atoms with E-state index in [0.29, 0.717) is 24.4 Å². The lowest BCUT2D eigenvalue weighted by Gasteiger charge is -2.32. The van der Waals surface area contributed by atoms with Crippen molar-refractivity contribution in [3.8, 4) is 5.75 Å². The van der Waals surface area contributed by atoms with Crippen LogP contribution in [0, 0.1) is 5.92 Å². The van der Waals surface area contributed by atoms with Crippen LogP contribution in [0.2, 0.25) is 0 Å². The van der Waals surface area contributed by atoms with Crippen LogP contribution in [0.4, 0.5) is 0 Å². The average Bonchev–Trinajstić information content (AvgIpc) is 2.45. The number of amides is 1. The van der Waals surface area contributed by atoms with Crippen LogP contribution in [0.3, 0.4) is 0 Å². The van der Waals surface area contributed by atoms with E-state index in [1.54, 1.807) is 24.1 Å². The van der Waals surface area contributed by atoms with Crippen molar-refractivity contribution in [2.24, 2.45) is 5.92 Å². The highest BCUT2D eigenvalue weighted by molar-refractivity contribution is 7.90. The molecule has 0 radical (unpaired) electrons. The predicted octanol–water partition coefficient (Wildman–Crippen LogP) is 1.59. The molecule has 21 heavy (non-hydrogen) atoms. The Bertz CT molecular complexity index is 604. The van der Waals surface area contributed by atoms with Crippen molar-refractivity contribution in [3.05, 3.63) is 29.8 Å². The molecule has 0 bridgehead atoms. The molecule has 0 aliphatic carbocycles. The number of hydrogen-bond donors (Lipinski definition) is 0. The lowest BCUT2D eigenvalue weighted by Crippen LogP contribution is -2.40. The summed E-state index contributed by atoms with van der Waals surface area (Å²) in [7, 11) is -1.40. The molecule has 116 valence electrons. The Balaban J connectivity index is 2.00. The molecule has 1 aliphatic rings. The van der Waals surface area contributed by atoms with Gasteiger partial charge in [-0.25, -0.2) is 8.42 Å². The Kier molecular flexibility index (Phi) is 4.88. The standard InChI is InChI=1S/C15H21NO4S/c1-20-14-6-4-3-5-13(14)15(17)16-9-7-12(8-10-16)11-21(2,18)19/h3-6,12H,7-11H2,1-2H3. The molecule has 1 amide bonds. The first-order chi connectivity index (χ1) is 9.90. The summed E-state index contributed by atoms with van der Waals surface area (Å²) in [6, 6.07) is 7.16. The lowest BCUT2D eigenvalue weighted by molar-refractivity contribution is 0.0695. The van der Waals surface area contributed by atoms with Gasteiger partial charge in [-0.15, -0.1) is 0 Å². The van der Waals surface area contributed by atoms with Gasteiger partial charge in [-0.1, -0.05) is 12.1 Å². The minimum absolute atomic E-state index is 0.0507. The van der Waals surface area contributed by atoms with E-state index in [1.807, 2.05) is 12.1 Å².